The molecule has 17 heavy (non-hydrogen) atoms. The first-order chi connectivity index (χ1) is 8.08. The maximum Gasteiger partial charge on any atom is 0.364 e. The first-order valence-electron chi connectivity index (χ1n) is 5.14. The number of hydrogen-bond donors (Lipinski definition) is 1. The van der Waals surface area contributed by atoms with Crippen molar-refractivity contribution in [2.45, 2.75) is 6.92 Å². The summed E-state index contributed by atoms with van der Waals surface area (Å²) in [6.45, 7) is 1.96. The molecular weight excluding hydrogens is 218 g/mol. The Bertz CT molecular complexity index is 524. The van der Waals surface area contributed by atoms with E-state index in [9.17, 15) is 4.79 Å². The molecule has 1 aromatic carbocycles. The number of nitrogens with zero attached hydrogens (tertiary/aromatic N) is 2. The number of anilines is 1. The lowest BCUT2D eigenvalue weighted by Crippen LogP contribution is -2.15. The molecule has 0 bridgehead atoms. The predicted molar refractivity (Wildman–Crippen MR) is 63.8 cm³/mol. The Hall–Kier alpha value is -2.30. The third-order valence-electron chi connectivity index (χ3n) is 2.39. The molecule has 1 heterocycles. The number of aromatic nitrogens is 2. The average molecular weight is 231 g/mol. The van der Waals surface area contributed by atoms with Gasteiger partial charge in [0.05, 0.1) is 11.9 Å². The summed E-state index contributed by atoms with van der Waals surface area (Å²) in [5, 5.41) is 3.88. The number of rotatable bonds is 2. The first-order valence-corrected chi connectivity index (χ1v) is 5.14. The highest BCUT2D eigenvalue weighted by Crippen LogP contribution is 2.16. The van der Waals surface area contributed by atoms with Gasteiger partial charge >= 0.3 is 5.97 Å². The van der Waals surface area contributed by atoms with Crippen LogP contribution in [-0.2, 0) is 7.05 Å². The zero-order chi connectivity index (χ0) is 12.4. The molecule has 0 saturated heterocycles. The van der Waals surface area contributed by atoms with Gasteiger partial charge in [0.2, 0.25) is 0 Å². The lowest BCUT2D eigenvalue weighted by atomic mass is 10.2. The van der Waals surface area contributed by atoms with E-state index in [1.54, 1.807) is 19.2 Å². The van der Waals surface area contributed by atoms with Gasteiger partial charge in [-0.2, -0.15) is 5.10 Å². The molecule has 0 fully saturated rings. The summed E-state index contributed by atoms with van der Waals surface area (Å²) in [5.41, 5.74) is 7.30. The van der Waals surface area contributed by atoms with Crippen LogP contribution < -0.4 is 10.5 Å². The van der Waals surface area contributed by atoms with E-state index in [1.807, 2.05) is 19.1 Å². The molecule has 1 aromatic heterocycles. The second-order valence-corrected chi connectivity index (χ2v) is 3.77. The third kappa shape index (κ3) is 2.28. The number of aryl methyl sites for hydroxylation is 2. The van der Waals surface area contributed by atoms with E-state index in [4.69, 9.17) is 10.5 Å². The van der Waals surface area contributed by atoms with Crippen LogP contribution in [0.3, 0.4) is 0 Å². The maximum atomic E-state index is 11.8. The minimum Gasteiger partial charge on any atom is -0.422 e. The van der Waals surface area contributed by atoms with Crippen molar-refractivity contribution in [2.24, 2.45) is 7.05 Å². The number of esters is 1. The van der Waals surface area contributed by atoms with Gasteiger partial charge in [0.25, 0.3) is 0 Å². The smallest absolute Gasteiger partial charge is 0.364 e. The predicted octanol–water partition coefficient (Wildman–Crippen LogP) is 1.53. The van der Waals surface area contributed by atoms with Crippen LogP contribution in [-0.4, -0.2) is 15.7 Å². The van der Waals surface area contributed by atoms with E-state index < -0.39 is 5.97 Å². The Labute approximate surface area is 98.8 Å². The van der Waals surface area contributed by atoms with Crippen LogP contribution in [0.1, 0.15) is 16.1 Å². The standard InChI is InChI=1S/C12H13N3O2/c1-8-3-5-9(6-4-8)17-12(16)11-10(13)7-14-15(11)2/h3-7H,13H2,1-2H3. The number of hydrogen-bond acceptors (Lipinski definition) is 4. The van der Waals surface area contributed by atoms with Crippen LogP contribution in [0.5, 0.6) is 5.75 Å². The molecule has 0 atom stereocenters. The van der Waals surface area contributed by atoms with Gasteiger partial charge in [-0.25, -0.2) is 4.79 Å². The van der Waals surface area contributed by atoms with Crippen LogP contribution in [0.15, 0.2) is 30.5 Å². The highest BCUT2D eigenvalue weighted by Gasteiger charge is 2.17. The first kappa shape index (κ1) is 11.2. The second kappa shape index (κ2) is 4.29. The molecule has 5 heteroatoms. The zero-order valence-electron chi connectivity index (χ0n) is 9.68. The summed E-state index contributed by atoms with van der Waals surface area (Å²) in [4.78, 5) is 11.8. The number of carbonyl (C=O) groups is 1. The maximum absolute atomic E-state index is 11.8. The van der Waals surface area contributed by atoms with E-state index in [0.29, 0.717) is 11.4 Å². The van der Waals surface area contributed by atoms with Gasteiger partial charge in [-0.05, 0) is 19.1 Å². The molecule has 0 amide bonds. The molecule has 0 radical (unpaired) electrons. The fourth-order valence-electron chi connectivity index (χ4n) is 1.47. The Morgan fingerprint density at radius 3 is 2.53 bits per heavy atom. The largest absolute Gasteiger partial charge is 0.422 e. The summed E-state index contributed by atoms with van der Waals surface area (Å²) in [7, 11) is 1.64. The van der Waals surface area contributed by atoms with Gasteiger partial charge in [-0.15, -0.1) is 0 Å². The van der Waals surface area contributed by atoms with Crippen molar-refractivity contribution >= 4 is 11.7 Å². The fraction of sp³-hybridized carbons (Fsp3) is 0.167. The highest BCUT2D eigenvalue weighted by molar-refractivity contribution is 5.94. The van der Waals surface area contributed by atoms with Crippen molar-refractivity contribution in [1.29, 1.82) is 0 Å². The van der Waals surface area contributed by atoms with E-state index in [1.165, 1.54) is 10.9 Å². The van der Waals surface area contributed by atoms with Crippen LogP contribution >= 0.6 is 0 Å². The molecule has 2 aromatic rings. The molecule has 2 N–H and O–H groups in total. The van der Waals surface area contributed by atoms with Gasteiger partial charge in [0.1, 0.15) is 5.75 Å². The minimum atomic E-state index is -0.508. The Morgan fingerprint density at radius 1 is 1.35 bits per heavy atom. The number of carbonyl (C=O) groups excluding carboxylic acids is 1. The normalized spacial score (nSPS) is 10.2. The highest BCUT2D eigenvalue weighted by atomic mass is 16.5. The van der Waals surface area contributed by atoms with Crippen LogP contribution in [0.2, 0.25) is 0 Å². The number of ether oxygens (including phenoxy) is 1. The number of nitrogen functional groups attached to an aromatic ring is 1. The number of benzene rings is 1. The molecule has 88 valence electrons. The molecule has 2 rings (SSSR count). The number of nitrogens with two attached hydrogens (primary N) is 1. The van der Waals surface area contributed by atoms with Crippen molar-refractivity contribution in [3.8, 4) is 5.75 Å². The van der Waals surface area contributed by atoms with E-state index in [2.05, 4.69) is 5.10 Å². The van der Waals surface area contributed by atoms with Crippen LogP contribution in [0.25, 0.3) is 0 Å². The Balaban J connectivity index is 2.20. The SMILES string of the molecule is Cc1ccc(OC(=O)c2c(N)cnn2C)cc1. The second-order valence-electron chi connectivity index (χ2n) is 3.77. The lowest BCUT2D eigenvalue weighted by molar-refractivity contribution is 0.0724. The molecule has 5 nitrogen and oxygen atoms in total. The van der Waals surface area contributed by atoms with Crippen LogP contribution in [0.4, 0.5) is 5.69 Å². The van der Waals surface area contributed by atoms with Crippen molar-refractivity contribution < 1.29 is 9.53 Å². The Kier molecular flexibility index (Phi) is 2.82. The summed E-state index contributed by atoms with van der Waals surface area (Å²) in [6.07, 6.45) is 1.42. The van der Waals surface area contributed by atoms with E-state index >= 15 is 0 Å². The summed E-state index contributed by atoms with van der Waals surface area (Å²) in [6, 6.07) is 7.21. The Morgan fingerprint density at radius 2 is 2.00 bits per heavy atom. The molecule has 0 aliphatic rings. The van der Waals surface area contributed by atoms with Crippen molar-refractivity contribution in [1.82, 2.24) is 9.78 Å². The van der Waals surface area contributed by atoms with Crippen molar-refractivity contribution in [3.05, 3.63) is 41.7 Å². The average Bonchev–Trinajstić information content (AvgIpc) is 2.62. The molecule has 0 spiro atoms. The van der Waals surface area contributed by atoms with Crippen molar-refractivity contribution in [2.75, 3.05) is 5.73 Å². The quantitative estimate of drug-likeness (QED) is 0.628. The van der Waals surface area contributed by atoms with E-state index in [0.717, 1.165) is 5.56 Å². The molecule has 0 saturated carbocycles. The summed E-state index contributed by atoms with van der Waals surface area (Å²) >= 11 is 0. The molecule has 0 aliphatic carbocycles. The van der Waals surface area contributed by atoms with Gasteiger partial charge in [0.15, 0.2) is 5.69 Å². The summed E-state index contributed by atoms with van der Waals surface area (Å²) < 4.78 is 6.59. The summed E-state index contributed by atoms with van der Waals surface area (Å²) in [5.74, 6) is -0.0208. The molecule has 0 aliphatic heterocycles. The molecule has 0 unspecified atom stereocenters. The van der Waals surface area contributed by atoms with Gasteiger partial charge in [0, 0.05) is 7.05 Å². The fourth-order valence-corrected chi connectivity index (χ4v) is 1.47. The minimum absolute atomic E-state index is 0.255. The topological polar surface area (TPSA) is 70.1 Å². The lowest BCUT2D eigenvalue weighted by Gasteiger charge is -2.05. The van der Waals surface area contributed by atoms with Gasteiger partial charge in [-0.3, -0.25) is 4.68 Å². The third-order valence-corrected chi connectivity index (χ3v) is 2.39. The zero-order valence-corrected chi connectivity index (χ0v) is 9.68. The van der Waals surface area contributed by atoms with E-state index in [-0.39, 0.29) is 5.69 Å². The molecular formula is C12H13N3O2. The van der Waals surface area contributed by atoms with Crippen molar-refractivity contribution in [3.63, 3.8) is 0 Å². The monoisotopic (exact) mass is 231 g/mol. The van der Waals surface area contributed by atoms with Gasteiger partial charge in [-0.1, -0.05) is 17.7 Å². The van der Waals surface area contributed by atoms with Crippen LogP contribution in [0, 0.1) is 6.92 Å². The van der Waals surface area contributed by atoms with Gasteiger partial charge < -0.3 is 10.5 Å².